The number of phenols is 2. The Kier molecular flexibility index (Phi) is 8.14. The van der Waals surface area contributed by atoms with Gasteiger partial charge < -0.3 is 14.9 Å². The Morgan fingerprint density at radius 2 is 1.26 bits per heavy atom. The molecule has 2 unspecified atom stereocenters. The Morgan fingerprint density at radius 3 is 1.92 bits per heavy atom. The summed E-state index contributed by atoms with van der Waals surface area (Å²) in [4.78, 5) is 9.52. The first kappa shape index (κ1) is 25.3. The maximum atomic E-state index is 10.6. The summed E-state index contributed by atoms with van der Waals surface area (Å²) in [7, 11) is 0. The third-order valence-corrected chi connectivity index (χ3v) is 6.91. The lowest BCUT2D eigenvalue weighted by Crippen LogP contribution is -2.27. The van der Waals surface area contributed by atoms with Crippen LogP contribution in [0.2, 0.25) is 0 Å². The summed E-state index contributed by atoms with van der Waals surface area (Å²) >= 11 is 0. The van der Waals surface area contributed by atoms with Crippen LogP contribution < -0.4 is 4.74 Å². The van der Waals surface area contributed by atoms with Crippen LogP contribution >= 0.6 is 0 Å². The number of rotatable bonds is 8. The Bertz CT molecular complexity index is 1400. The van der Waals surface area contributed by atoms with Crippen molar-refractivity contribution in [1.29, 1.82) is 0 Å². The zero-order chi connectivity index (χ0) is 26.2. The number of benzene rings is 4. The van der Waals surface area contributed by atoms with Crippen molar-refractivity contribution < 1.29 is 14.9 Å². The van der Waals surface area contributed by atoms with Gasteiger partial charge in [-0.1, -0.05) is 79.6 Å². The molecule has 4 aromatic carbocycles. The van der Waals surface area contributed by atoms with Crippen LogP contribution in [0.4, 0.5) is 0 Å². The molecular weight excluding hydrogens is 472 g/mol. The molecule has 0 amide bonds. The van der Waals surface area contributed by atoms with E-state index in [1.165, 1.54) is 11.1 Å². The molecule has 2 N–H and O–H groups in total. The third kappa shape index (κ3) is 6.48. The van der Waals surface area contributed by atoms with Crippen LogP contribution in [0.3, 0.4) is 0 Å². The predicted molar refractivity (Wildman–Crippen MR) is 154 cm³/mol. The van der Waals surface area contributed by atoms with Crippen molar-refractivity contribution in [2.24, 2.45) is 9.98 Å². The number of hydrogen-bond acceptors (Lipinski definition) is 5. The van der Waals surface area contributed by atoms with Crippen LogP contribution in [0.25, 0.3) is 11.1 Å². The van der Waals surface area contributed by atoms with Crippen LogP contribution in [0.1, 0.15) is 42.4 Å². The minimum atomic E-state index is 0.0417. The Morgan fingerprint density at radius 1 is 0.658 bits per heavy atom. The van der Waals surface area contributed by atoms with Gasteiger partial charge in [0.1, 0.15) is 23.9 Å². The molecule has 0 heterocycles. The highest BCUT2D eigenvalue weighted by Gasteiger charge is 2.23. The number of aliphatic imine (C=N–C) groups is 2. The number of hydrogen-bond donors (Lipinski definition) is 2. The second-order valence-corrected chi connectivity index (χ2v) is 9.61. The van der Waals surface area contributed by atoms with Gasteiger partial charge in [0.2, 0.25) is 0 Å². The third-order valence-electron chi connectivity index (χ3n) is 6.91. The van der Waals surface area contributed by atoms with Crippen molar-refractivity contribution in [3.05, 3.63) is 114 Å². The summed E-state index contributed by atoms with van der Waals surface area (Å²) in [5, 5.41) is 20.6. The van der Waals surface area contributed by atoms with Crippen LogP contribution in [-0.4, -0.2) is 34.7 Å². The summed E-state index contributed by atoms with van der Waals surface area (Å²) < 4.78 is 5.92. The van der Waals surface area contributed by atoms with Gasteiger partial charge in [-0.3, -0.25) is 9.98 Å². The molecule has 38 heavy (non-hydrogen) atoms. The summed E-state index contributed by atoms with van der Waals surface area (Å²) in [6, 6.07) is 31.2. The van der Waals surface area contributed by atoms with E-state index < -0.39 is 0 Å². The lowest BCUT2D eigenvalue weighted by atomic mass is 9.91. The highest BCUT2D eigenvalue weighted by atomic mass is 16.5. The molecule has 5 nitrogen and oxygen atoms in total. The molecule has 0 saturated heterocycles. The van der Waals surface area contributed by atoms with E-state index in [1.807, 2.05) is 42.5 Å². The SMILES string of the molecule is Oc1ccccc1C=NC1CCCCC1N=Cc1ccc(OCc2ccc(-c3ccccc3)cc2)cc1O. The Labute approximate surface area is 223 Å². The Balaban J connectivity index is 1.19. The zero-order valence-corrected chi connectivity index (χ0v) is 21.3. The second kappa shape index (κ2) is 12.2. The van der Waals surface area contributed by atoms with Gasteiger partial charge in [-0.25, -0.2) is 0 Å². The van der Waals surface area contributed by atoms with E-state index in [2.05, 4.69) is 36.4 Å². The summed E-state index contributed by atoms with van der Waals surface area (Å²) in [6.45, 7) is 0.417. The lowest BCUT2D eigenvalue weighted by Gasteiger charge is -2.25. The average Bonchev–Trinajstić information content (AvgIpc) is 2.96. The summed E-state index contributed by atoms with van der Waals surface area (Å²) in [6.07, 6.45) is 7.60. The standard InChI is InChI=1S/C33H32N2O3/c36-32-13-7-4-10-27(32)21-34-30-11-5-6-12-31(30)35-22-28-18-19-29(20-33(28)37)38-23-24-14-16-26(17-15-24)25-8-2-1-3-9-25/h1-4,7-10,13-22,30-31,36-37H,5-6,11-12,23H2. The van der Waals surface area contributed by atoms with Crippen LogP contribution in [0.15, 0.2) is 107 Å². The number of phenolic OH excluding ortho intramolecular Hbond substituents is 2. The van der Waals surface area contributed by atoms with Crippen LogP contribution in [0, 0.1) is 0 Å². The van der Waals surface area contributed by atoms with Gasteiger partial charge in [0.15, 0.2) is 0 Å². The minimum absolute atomic E-state index is 0.0417. The van der Waals surface area contributed by atoms with Crippen molar-refractivity contribution in [2.75, 3.05) is 0 Å². The van der Waals surface area contributed by atoms with Gasteiger partial charge in [0, 0.05) is 29.6 Å². The molecular formula is C33H32N2O3. The fourth-order valence-corrected chi connectivity index (χ4v) is 4.70. The van der Waals surface area contributed by atoms with E-state index in [0.717, 1.165) is 31.2 Å². The van der Waals surface area contributed by atoms with Crippen molar-refractivity contribution in [1.82, 2.24) is 0 Å². The number of aromatic hydroxyl groups is 2. The average molecular weight is 505 g/mol. The molecule has 1 fully saturated rings. The highest BCUT2D eigenvalue weighted by Crippen LogP contribution is 2.27. The molecule has 192 valence electrons. The number of para-hydroxylation sites is 1. The predicted octanol–water partition coefficient (Wildman–Crippen LogP) is 7.19. The first-order valence-electron chi connectivity index (χ1n) is 13.1. The van der Waals surface area contributed by atoms with Crippen molar-refractivity contribution >= 4 is 12.4 Å². The van der Waals surface area contributed by atoms with Gasteiger partial charge >= 0.3 is 0 Å². The van der Waals surface area contributed by atoms with Crippen molar-refractivity contribution in [3.8, 4) is 28.4 Å². The van der Waals surface area contributed by atoms with Gasteiger partial charge in [0.25, 0.3) is 0 Å². The topological polar surface area (TPSA) is 74.4 Å². The number of nitrogens with zero attached hydrogens (tertiary/aromatic N) is 2. The molecule has 1 aliphatic rings. The van der Waals surface area contributed by atoms with Gasteiger partial charge in [0.05, 0.1) is 12.1 Å². The number of ether oxygens (including phenoxy) is 1. The molecule has 0 radical (unpaired) electrons. The monoisotopic (exact) mass is 504 g/mol. The summed E-state index contributed by atoms with van der Waals surface area (Å²) in [5.74, 6) is 0.967. The maximum Gasteiger partial charge on any atom is 0.128 e. The largest absolute Gasteiger partial charge is 0.507 e. The molecule has 2 atom stereocenters. The van der Waals surface area contributed by atoms with Crippen molar-refractivity contribution in [3.63, 3.8) is 0 Å². The van der Waals surface area contributed by atoms with Crippen LogP contribution in [-0.2, 0) is 6.61 Å². The normalized spacial score (nSPS) is 17.7. The molecule has 0 spiro atoms. The van der Waals surface area contributed by atoms with E-state index in [9.17, 15) is 10.2 Å². The first-order chi connectivity index (χ1) is 18.7. The zero-order valence-electron chi connectivity index (χ0n) is 21.3. The van der Waals surface area contributed by atoms with Gasteiger partial charge in [-0.2, -0.15) is 0 Å². The Hall–Kier alpha value is -4.38. The van der Waals surface area contributed by atoms with Crippen molar-refractivity contribution in [2.45, 2.75) is 44.4 Å². The molecule has 1 aliphatic carbocycles. The first-order valence-corrected chi connectivity index (χ1v) is 13.1. The van der Waals surface area contributed by atoms with Gasteiger partial charge in [-0.15, -0.1) is 0 Å². The molecule has 1 saturated carbocycles. The smallest absolute Gasteiger partial charge is 0.128 e. The van der Waals surface area contributed by atoms with E-state index in [-0.39, 0.29) is 23.6 Å². The van der Waals surface area contributed by atoms with E-state index in [0.29, 0.717) is 23.5 Å². The van der Waals surface area contributed by atoms with Crippen LogP contribution in [0.5, 0.6) is 17.2 Å². The quantitative estimate of drug-likeness (QED) is 0.249. The highest BCUT2D eigenvalue weighted by molar-refractivity contribution is 5.84. The fourth-order valence-electron chi connectivity index (χ4n) is 4.70. The van der Waals surface area contributed by atoms with Gasteiger partial charge in [-0.05, 0) is 53.8 Å². The molecule has 0 aromatic heterocycles. The lowest BCUT2D eigenvalue weighted by molar-refractivity contribution is 0.304. The summed E-state index contributed by atoms with van der Waals surface area (Å²) in [5.41, 5.74) is 4.77. The van der Waals surface area contributed by atoms with E-state index in [4.69, 9.17) is 14.7 Å². The molecule has 5 heteroatoms. The minimum Gasteiger partial charge on any atom is -0.507 e. The fraction of sp³-hybridized carbons (Fsp3) is 0.212. The van der Waals surface area contributed by atoms with E-state index >= 15 is 0 Å². The van der Waals surface area contributed by atoms with E-state index in [1.54, 1.807) is 30.6 Å². The maximum absolute atomic E-state index is 10.6. The molecule has 0 bridgehead atoms. The molecule has 4 aromatic rings. The second-order valence-electron chi connectivity index (χ2n) is 9.61. The molecule has 0 aliphatic heterocycles. The molecule has 5 rings (SSSR count).